The van der Waals surface area contributed by atoms with Crippen LogP contribution in [-0.4, -0.2) is 37.0 Å². The molecule has 1 N–H and O–H groups in total. The number of likely N-dealkylation sites (tertiary alicyclic amines) is 1. The largest absolute Gasteiger partial charge is 0.342 e. The standard InChI is InChI=1S/C18H32N2O.ClH/c21-17(7-6-16-8-12-19-14-16)20-13-5-11-18(15-20)9-3-1-2-4-10-18;/h16,19H,1-15H2;1H. The molecular formula is C18H33ClN2O. The van der Waals surface area contributed by atoms with Gasteiger partial charge in [-0.25, -0.2) is 0 Å². The van der Waals surface area contributed by atoms with Crippen molar-refractivity contribution in [3.63, 3.8) is 0 Å². The minimum Gasteiger partial charge on any atom is -0.342 e. The van der Waals surface area contributed by atoms with Crippen molar-refractivity contribution in [1.29, 1.82) is 0 Å². The second-order valence-corrected chi connectivity index (χ2v) is 7.73. The highest BCUT2D eigenvalue weighted by molar-refractivity contribution is 5.85. The lowest BCUT2D eigenvalue weighted by Gasteiger charge is -2.43. The van der Waals surface area contributed by atoms with Crippen LogP contribution in [0.4, 0.5) is 0 Å². The molecule has 3 aliphatic rings. The maximum atomic E-state index is 12.6. The van der Waals surface area contributed by atoms with E-state index >= 15 is 0 Å². The monoisotopic (exact) mass is 328 g/mol. The van der Waals surface area contributed by atoms with Crippen LogP contribution in [0.3, 0.4) is 0 Å². The number of halogens is 1. The highest BCUT2D eigenvalue weighted by Gasteiger charge is 2.37. The molecule has 0 aromatic carbocycles. The molecule has 0 aromatic heterocycles. The molecule has 1 atom stereocenters. The number of rotatable bonds is 3. The van der Waals surface area contributed by atoms with E-state index in [0.29, 0.717) is 11.3 Å². The summed E-state index contributed by atoms with van der Waals surface area (Å²) in [7, 11) is 0. The number of amides is 1. The third-order valence-corrected chi connectivity index (χ3v) is 6.11. The van der Waals surface area contributed by atoms with Gasteiger partial charge in [0.2, 0.25) is 5.91 Å². The van der Waals surface area contributed by atoms with Gasteiger partial charge in [0.1, 0.15) is 0 Å². The van der Waals surface area contributed by atoms with Crippen LogP contribution in [0, 0.1) is 11.3 Å². The summed E-state index contributed by atoms with van der Waals surface area (Å²) in [6, 6.07) is 0. The Hall–Kier alpha value is -0.280. The molecule has 1 aliphatic carbocycles. The third kappa shape index (κ3) is 4.61. The normalized spacial score (nSPS) is 28.2. The van der Waals surface area contributed by atoms with E-state index < -0.39 is 0 Å². The molecule has 2 heterocycles. The van der Waals surface area contributed by atoms with Crippen LogP contribution in [0.15, 0.2) is 0 Å². The number of carbonyl (C=O) groups is 1. The number of hydrogen-bond donors (Lipinski definition) is 1. The van der Waals surface area contributed by atoms with Crippen LogP contribution < -0.4 is 5.32 Å². The first-order valence-corrected chi connectivity index (χ1v) is 9.26. The Kier molecular flexibility index (Phi) is 7.01. The van der Waals surface area contributed by atoms with Gasteiger partial charge in [0.05, 0.1) is 0 Å². The molecule has 1 spiro atoms. The second-order valence-electron chi connectivity index (χ2n) is 7.73. The first-order chi connectivity index (χ1) is 10.3. The number of hydrogen-bond acceptors (Lipinski definition) is 2. The molecule has 2 aliphatic heterocycles. The van der Waals surface area contributed by atoms with E-state index in [1.54, 1.807) is 0 Å². The van der Waals surface area contributed by atoms with Crippen molar-refractivity contribution in [2.45, 2.75) is 70.6 Å². The third-order valence-electron chi connectivity index (χ3n) is 6.11. The van der Waals surface area contributed by atoms with Crippen LogP contribution in [0.5, 0.6) is 0 Å². The topological polar surface area (TPSA) is 32.3 Å². The molecule has 4 heteroatoms. The fraction of sp³-hybridized carbons (Fsp3) is 0.944. The lowest BCUT2D eigenvalue weighted by atomic mass is 9.74. The first kappa shape index (κ1) is 18.1. The van der Waals surface area contributed by atoms with Crippen LogP contribution in [0.25, 0.3) is 0 Å². The first-order valence-electron chi connectivity index (χ1n) is 9.26. The summed E-state index contributed by atoms with van der Waals surface area (Å²) in [4.78, 5) is 14.8. The second kappa shape index (κ2) is 8.54. The van der Waals surface area contributed by atoms with Crippen molar-refractivity contribution in [1.82, 2.24) is 10.2 Å². The Morgan fingerprint density at radius 2 is 1.82 bits per heavy atom. The summed E-state index contributed by atoms with van der Waals surface area (Å²) in [5.41, 5.74) is 0.485. The predicted octanol–water partition coefficient (Wildman–Crippen LogP) is 3.76. The molecule has 128 valence electrons. The van der Waals surface area contributed by atoms with Crippen molar-refractivity contribution < 1.29 is 4.79 Å². The summed E-state index contributed by atoms with van der Waals surface area (Å²) < 4.78 is 0. The molecule has 2 saturated heterocycles. The number of nitrogens with one attached hydrogen (secondary N) is 1. The molecule has 0 radical (unpaired) electrons. The van der Waals surface area contributed by atoms with E-state index in [9.17, 15) is 4.79 Å². The lowest BCUT2D eigenvalue weighted by molar-refractivity contribution is -0.135. The van der Waals surface area contributed by atoms with E-state index in [-0.39, 0.29) is 12.4 Å². The number of piperidine rings is 1. The zero-order valence-electron chi connectivity index (χ0n) is 13.9. The summed E-state index contributed by atoms with van der Waals surface area (Å²) in [6.07, 6.45) is 14.0. The van der Waals surface area contributed by atoms with E-state index in [1.807, 2.05) is 0 Å². The van der Waals surface area contributed by atoms with E-state index in [0.717, 1.165) is 44.9 Å². The van der Waals surface area contributed by atoms with Gasteiger partial charge in [-0.2, -0.15) is 0 Å². The molecule has 3 rings (SSSR count). The van der Waals surface area contributed by atoms with Crippen LogP contribution >= 0.6 is 12.4 Å². The van der Waals surface area contributed by atoms with E-state index in [1.165, 1.54) is 57.8 Å². The van der Waals surface area contributed by atoms with E-state index in [2.05, 4.69) is 10.2 Å². The van der Waals surface area contributed by atoms with Gasteiger partial charge >= 0.3 is 0 Å². The van der Waals surface area contributed by atoms with Crippen molar-refractivity contribution in [2.24, 2.45) is 11.3 Å². The smallest absolute Gasteiger partial charge is 0.222 e. The summed E-state index contributed by atoms with van der Waals surface area (Å²) in [5, 5.41) is 3.40. The Labute approximate surface area is 142 Å². The Balaban J connectivity index is 0.00000176. The fourth-order valence-electron chi connectivity index (χ4n) is 4.75. The predicted molar refractivity (Wildman–Crippen MR) is 93.4 cm³/mol. The van der Waals surface area contributed by atoms with Gasteiger partial charge in [0.15, 0.2) is 0 Å². The van der Waals surface area contributed by atoms with Crippen LogP contribution in [-0.2, 0) is 4.79 Å². The van der Waals surface area contributed by atoms with Crippen LogP contribution in [0.1, 0.15) is 70.6 Å². The van der Waals surface area contributed by atoms with Gasteiger partial charge in [-0.05, 0) is 62.9 Å². The molecule has 3 nitrogen and oxygen atoms in total. The quantitative estimate of drug-likeness (QED) is 0.855. The maximum absolute atomic E-state index is 12.6. The summed E-state index contributed by atoms with van der Waals surface area (Å²) >= 11 is 0. The highest BCUT2D eigenvalue weighted by Crippen LogP contribution is 2.42. The molecule has 0 aromatic rings. The zero-order chi connectivity index (χ0) is 14.5. The number of nitrogens with zero attached hydrogens (tertiary/aromatic N) is 1. The number of carbonyl (C=O) groups excluding carboxylic acids is 1. The average molecular weight is 329 g/mol. The molecule has 1 amide bonds. The van der Waals surface area contributed by atoms with Crippen molar-refractivity contribution in [2.75, 3.05) is 26.2 Å². The van der Waals surface area contributed by atoms with Crippen LogP contribution in [0.2, 0.25) is 0 Å². The molecule has 22 heavy (non-hydrogen) atoms. The van der Waals surface area contributed by atoms with E-state index in [4.69, 9.17) is 0 Å². The average Bonchev–Trinajstić information content (AvgIpc) is 2.93. The van der Waals surface area contributed by atoms with Gasteiger partial charge < -0.3 is 10.2 Å². The Morgan fingerprint density at radius 1 is 1.09 bits per heavy atom. The molecular weight excluding hydrogens is 296 g/mol. The van der Waals surface area contributed by atoms with Crippen molar-refractivity contribution in [3.8, 4) is 0 Å². The van der Waals surface area contributed by atoms with Gasteiger partial charge in [0.25, 0.3) is 0 Å². The highest BCUT2D eigenvalue weighted by atomic mass is 35.5. The summed E-state index contributed by atoms with van der Waals surface area (Å²) in [5.74, 6) is 1.18. The fourth-order valence-corrected chi connectivity index (χ4v) is 4.75. The minimum absolute atomic E-state index is 0. The minimum atomic E-state index is 0. The van der Waals surface area contributed by atoms with Crippen molar-refractivity contribution >= 4 is 18.3 Å². The lowest BCUT2D eigenvalue weighted by Crippen LogP contribution is -2.46. The molecule has 1 saturated carbocycles. The van der Waals surface area contributed by atoms with Gasteiger partial charge in [-0.3, -0.25) is 4.79 Å². The van der Waals surface area contributed by atoms with Crippen molar-refractivity contribution in [3.05, 3.63) is 0 Å². The van der Waals surface area contributed by atoms with Gasteiger partial charge in [0, 0.05) is 19.5 Å². The summed E-state index contributed by atoms with van der Waals surface area (Å²) in [6.45, 7) is 4.35. The SMILES string of the molecule is Cl.O=C(CCC1CCNC1)N1CCCC2(CCCCCC2)C1. The zero-order valence-corrected chi connectivity index (χ0v) is 14.8. The Morgan fingerprint density at radius 3 is 2.50 bits per heavy atom. The molecule has 1 unspecified atom stereocenters. The Bertz CT molecular complexity index is 347. The molecule has 0 bridgehead atoms. The maximum Gasteiger partial charge on any atom is 0.222 e. The van der Waals surface area contributed by atoms with Gasteiger partial charge in [-0.1, -0.05) is 25.7 Å². The van der Waals surface area contributed by atoms with Gasteiger partial charge in [-0.15, -0.1) is 12.4 Å². The molecule has 3 fully saturated rings.